The maximum absolute atomic E-state index is 13.4. The van der Waals surface area contributed by atoms with Crippen LogP contribution in [0.1, 0.15) is 5.56 Å². The molecule has 0 amide bonds. The molecule has 0 radical (unpaired) electrons. The maximum Gasteiger partial charge on any atom is 0.243 e. The van der Waals surface area contributed by atoms with Gasteiger partial charge in [-0.25, -0.2) is 8.42 Å². The first-order valence-electron chi connectivity index (χ1n) is 9.49. The second kappa shape index (κ2) is 7.86. The Kier molecular flexibility index (Phi) is 5.42. The minimum Gasteiger partial charge on any atom is -0.496 e. The molecule has 0 atom stereocenters. The van der Waals surface area contributed by atoms with Crippen molar-refractivity contribution in [2.45, 2.75) is 11.8 Å². The summed E-state index contributed by atoms with van der Waals surface area (Å²) in [7, 11) is -2.02. The number of rotatable bonds is 4. The van der Waals surface area contributed by atoms with E-state index in [4.69, 9.17) is 16.3 Å². The second-order valence-corrected chi connectivity index (χ2v) is 9.48. The van der Waals surface area contributed by atoms with Crippen LogP contribution in [0.15, 0.2) is 59.5 Å². The molecule has 0 bridgehead atoms. The van der Waals surface area contributed by atoms with Crippen LogP contribution in [0.2, 0.25) is 5.02 Å². The van der Waals surface area contributed by atoms with E-state index in [2.05, 4.69) is 4.90 Å². The third-order valence-electron chi connectivity index (χ3n) is 5.43. The highest BCUT2D eigenvalue weighted by Crippen LogP contribution is 2.33. The molecule has 29 heavy (non-hydrogen) atoms. The Labute approximate surface area is 176 Å². The molecule has 0 spiro atoms. The number of sulfonamides is 1. The van der Waals surface area contributed by atoms with Gasteiger partial charge in [-0.05, 0) is 36.8 Å². The predicted molar refractivity (Wildman–Crippen MR) is 118 cm³/mol. The number of ether oxygens (including phenoxy) is 1. The molecule has 4 rings (SSSR count). The van der Waals surface area contributed by atoms with Crippen LogP contribution in [0.5, 0.6) is 5.75 Å². The molecule has 152 valence electrons. The molecule has 5 nitrogen and oxygen atoms in total. The zero-order chi connectivity index (χ0) is 20.6. The van der Waals surface area contributed by atoms with Crippen molar-refractivity contribution in [3.05, 3.63) is 65.2 Å². The van der Waals surface area contributed by atoms with Crippen LogP contribution in [-0.4, -0.2) is 46.0 Å². The molecule has 1 aliphatic heterocycles. The van der Waals surface area contributed by atoms with E-state index in [0.29, 0.717) is 47.2 Å². The minimum atomic E-state index is -3.61. The van der Waals surface area contributed by atoms with Gasteiger partial charge in [0.2, 0.25) is 10.0 Å². The van der Waals surface area contributed by atoms with Gasteiger partial charge in [-0.1, -0.05) is 41.9 Å². The van der Waals surface area contributed by atoms with Crippen LogP contribution in [0, 0.1) is 6.92 Å². The van der Waals surface area contributed by atoms with E-state index in [9.17, 15) is 8.42 Å². The third-order valence-corrected chi connectivity index (χ3v) is 7.62. The zero-order valence-corrected chi connectivity index (χ0v) is 18.0. The van der Waals surface area contributed by atoms with Gasteiger partial charge in [0.1, 0.15) is 5.75 Å². The van der Waals surface area contributed by atoms with Gasteiger partial charge >= 0.3 is 0 Å². The Morgan fingerprint density at radius 3 is 2.31 bits per heavy atom. The molecule has 3 aromatic carbocycles. The molecule has 7 heteroatoms. The quantitative estimate of drug-likeness (QED) is 0.618. The van der Waals surface area contributed by atoms with Crippen molar-refractivity contribution >= 4 is 38.1 Å². The van der Waals surface area contributed by atoms with Gasteiger partial charge in [-0.2, -0.15) is 4.31 Å². The number of nitrogens with zero attached hydrogens (tertiary/aromatic N) is 2. The van der Waals surface area contributed by atoms with Crippen LogP contribution in [0.3, 0.4) is 0 Å². The van der Waals surface area contributed by atoms with Crippen molar-refractivity contribution < 1.29 is 13.2 Å². The third kappa shape index (κ3) is 3.68. The Morgan fingerprint density at radius 1 is 0.931 bits per heavy atom. The first-order chi connectivity index (χ1) is 13.9. The van der Waals surface area contributed by atoms with Gasteiger partial charge in [-0.3, -0.25) is 0 Å². The largest absolute Gasteiger partial charge is 0.496 e. The highest BCUT2D eigenvalue weighted by molar-refractivity contribution is 7.89. The number of fused-ring (bicyclic) bond motifs is 1. The lowest BCUT2D eigenvalue weighted by molar-refractivity contribution is 0.385. The number of piperazine rings is 1. The number of benzene rings is 3. The van der Waals surface area contributed by atoms with E-state index in [-0.39, 0.29) is 0 Å². The van der Waals surface area contributed by atoms with Crippen molar-refractivity contribution in [2.24, 2.45) is 0 Å². The first kappa shape index (κ1) is 20.0. The number of methoxy groups -OCH3 is 1. The summed E-state index contributed by atoms with van der Waals surface area (Å²) < 4.78 is 33.8. The molecule has 3 aromatic rings. The summed E-state index contributed by atoms with van der Waals surface area (Å²) in [4.78, 5) is 2.51. The van der Waals surface area contributed by atoms with E-state index < -0.39 is 10.0 Å². The number of hydrogen-bond acceptors (Lipinski definition) is 4. The zero-order valence-electron chi connectivity index (χ0n) is 16.4. The summed E-state index contributed by atoms with van der Waals surface area (Å²) >= 11 is 6.15. The van der Waals surface area contributed by atoms with E-state index in [1.807, 2.05) is 49.4 Å². The molecule has 1 aliphatic rings. The van der Waals surface area contributed by atoms with Crippen molar-refractivity contribution in [1.82, 2.24) is 4.31 Å². The summed E-state index contributed by atoms with van der Waals surface area (Å²) in [6.07, 6.45) is 0. The van der Waals surface area contributed by atoms with E-state index in [1.165, 1.54) is 0 Å². The fourth-order valence-corrected chi connectivity index (χ4v) is 5.66. The number of aryl methyl sites for hydroxylation is 1. The van der Waals surface area contributed by atoms with Crippen molar-refractivity contribution in [3.63, 3.8) is 0 Å². The minimum absolute atomic E-state index is 0.321. The Morgan fingerprint density at radius 2 is 1.62 bits per heavy atom. The first-order valence-corrected chi connectivity index (χ1v) is 11.3. The smallest absolute Gasteiger partial charge is 0.243 e. The molecule has 1 fully saturated rings. The monoisotopic (exact) mass is 430 g/mol. The summed E-state index contributed by atoms with van der Waals surface area (Å²) in [5.41, 5.74) is 2.19. The lowest BCUT2D eigenvalue weighted by Crippen LogP contribution is -2.48. The van der Waals surface area contributed by atoms with Gasteiger partial charge in [-0.15, -0.1) is 0 Å². The van der Waals surface area contributed by atoms with Gasteiger partial charge in [0.25, 0.3) is 0 Å². The average molecular weight is 431 g/mol. The lowest BCUT2D eigenvalue weighted by atomic mass is 10.1. The Balaban J connectivity index is 1.62. The van der Waals surface area contributed by atoms with Crippen molar-refractivity contribution in [1.29, 1.82) is 0 Å². The Hall–Kier alpha value is -2.28. The molecule has 1 heterocycles. The summed E-state index contributed by atoms with van der Waals surface area (Å²) in [6, 6.07) is 16.6. The highest BCUT2D eigenvalue weighted by atomic mass is 35.5. The van der Waals surface area contributed by atoms with Crippen LogP contribution >= 0.6 is 11.6 Å². The van der Waals surface area contributed by atoms with Crippen LogP contribution < -0.4 is 9.64 Å². The van der Waals surface area contributed by atoms with E-state index in [1.54, 1.807) is 23.5 Å². The van der Waals surface area contributed by atoms with Gasteiger partial charge in [0.05, 0.1) is 12.0 Å². The maximum atomic E-state index is 13.4. The number of halogens is 1. The molecule has 0 unspecified atom stereocenters. The fraction of sp³-hybridized carbons (Fsp3) is 0.273. The molecule has 0 N–H and O–H groups in total. The molecule has 0 saturated carbocycles. The van der Waals surface area contributed by atoms with Crippen LogP contribution in [0.4, 0.5) is 5.69 Å². The summed E-state index contributed by atoms with van der Waals surface area (Å²) in [5.74, 6) is 0.667. The topological polar surface area (TPSA) is 49.9 Å². The molecular weight excluding hydrogens is 408 g/mol. The van der Waals surface area contributed by atoms with Crippen molar-refractivity contribution in [2.75, 3.05) is 38.2 Å². The summed E-state index contributed by atoms with van der Waals surface area (Å²) in [6.45, 7) is 4.13. The van der Waals surface area contributed by atoms with Crippen LogP contribution in [0.25, 0.3) is 10.8 Å². The lowest BCUT2D eigenvalue weighted by Gasteiger charge is -2.36. The second-order valence-electron chi connectivity index (χ2n) is 7.13. The predicted octanol–water partition coefficient (Wildman–Crippen LogP) is 4.32. The SMILES string of the molecule is COc1ccc(S(=O)(=O)N2CCN(c3cc(Cl)ccc3C)CC2)c2ccccc12. The normalized spacial score (nSPS) is 15.6. The number of anilines is 1. The number of hydrogen-bond donors (Lipinski definition) is 0. The molecule has 1 saturated heterocycles. The molecule has 0 aromatic heterocycles. The Bertz CT molecular complexity index is 1160. The van der Waals surface area contributed by atoms with Crippen molar-refractivity contribution in [3.8, 4) is 5.75 Å². The molecule has 0 aliphatic carbocycles. The van der Waals surface area contributed by atoms with Crippen LogP contribution in [-0.2, 0) is 10.0 Å². The summed E-state index contributed by atoms with van der Waals surface area (Å²) in [5, 5.41) is 2.16. The van der Waals surface area contributed by atoms with E-state index in [0.717, 1.165) is 16.6 Å². The molecular formula is C22H23ClN2O3S. The average Bonchev–Trinajstić information content (AvgIpc) is 2.74. The van der Waals surface area contributed by atoms with Gasteiger partial charge < -0.3 is 9.64 Å². The fourth-order valence-electron chi connectivity index (χ4n) is 3.88. The van der Waals surface area contributed by atoms with Gasteiger partial charge in [0.15, 0.2) is 0 Å². The highest BCUT2D eigenvalue weighted by Gasteiger charge is 2.30. The standard InChI is InChI=1S/C22H23ClN2O3S/c1-16-7-8-17(23)15-20(16)24-11-13-25(14-12-24)29(26,27)22-10-9-21(28-2)18-5-3-4-6-19(18)22/h3-10,15H,11-14H2,1-2H3. The van der Waals surface area contributed by atoms with Gasteiger partial charge in [0, 0.05) is 47.7 Å². The van der Waals surface area contributed by atoms with E-state index >= 15 is 0 Å².